The number of nitrogens with one attached hydrogen (secondary N) is 1. The van der Waals surface area contributed by atoms with Crippen molar-refractivity contribution < 1.29 is 19.0 Å². The molecule has 1 aromatic rings. The molecule has 3 aliphatic rings. The van der Waals surface area contributed by atoms with E-state index in [1.807, 2.05) is 25.1 Å². The van der Waals surface area contributed by atoms with Crippen LogP contribution in [0.4, 0.5) is 4.79 Å². The molecule has 148 valence electrons. The third-order valence-electron chi connectivity index (χ3n) is 7.26. The van der Waals surface area contributed by atoms with Crippen molar-refractivity contribution in [3.8, 4) is 5.75 Å². The van der Waals surface area contributed by atoms with E-state index in [2.05, 4.69) is 32.2 Å². The number of carbonyl (C=O) groups excluding carboxylic acids is 1. The molecule has 1 N–H and O–H groups in total. The van der Waals surface area contributed by atoms with Crippen LogP contribution in [-0.4, -0.2) is 31.5 Å². The predicted octanol–water partition coefficient (Wildman–Crippen LogP) is 4.32. The van der Waals surface area contributed by atoms with Crippen LogP contribution in [0, 0.1) is 23.2 Å². The number of alkyl carbamates (subject to hydrolysis) is 1. The first kappa shape index (κ1) is 18.6. The number of fused-ring (bicyclic) bond motifs is 3. The molecular weight excluding hydrogens is 342 g/mol. The molecule has 2 bridgehead atoms. The first-order valence-corrected chi connectivity index (χ1v) is 10.2. The second kappa shape index (κ2) is 6.69. The van der Waals surface area contributed by atoms with E-state index in [1.54, 1.807) is 0 Å². The quantitative estimate of drug-likeness (QED) is 0.854. The van der Waals surface area contributed by atoms with Gasteiger partial charge in [-0.05, 0) is 37.7 Å². The van der Waals surface area contributed by atoms with Crippen LogP contribution in [0.15, 0.2) is 24.3 Å². The van der Waals surface area contributed by atoms with Crippen molar-refractivity contribution in [2.45, 2.75) is 52.2 Å². The molecule has 1 saturated carbocycles. The van der Waals surface area contributed by atoms with Crippen LogP contribution in [-0.2, 0) is 9.47 Å². The van der Waals surface area contributed by atoms with Crippen LogP contribution < -0.4 is 10.1 Å². The average molecular weight is 373 g/mol. The van der Waals surface area contributed by atoms with Crippen molar-refractivity contribution in [2.75, 3.05) is 19.8 Å². The minimum Gasteiger partial charge on any atom is -0.487 e. The van der Waals surface area contributed by atoms with E-state index in [0.717, 1.165) is 24.2 Å². The highest BCUT2D eigenvalue weighted by atomic mass is 16.6. The molecular formula is C22H31NO4. The molecule has 1 unspecified atom stereocenters. The lowest BCUT2D eigenvalue weighted by Crippen LogP contribution is -2.66. The van der Waals surface area contributed by atoms with Gasteiger partial charge in [0.05, 0.1) is 12.7 Å². The smallest absolute Gasteiger partial charge is 0.407 e. The van der Waals surface area contributed by atoms with E-state index in [4.69, 9.17) is 14.2 Å². The SMILES string of the molecule is CCCNC(=O)OCC12CO[C@@H]3c4ccccc4O[C@](C)(C[C@H]1C)[C@@H]3[C@@H]2C. The van der Waals surface area contributed by atoms with Crippen molar-refractivity contribution in [1.29, 1.82) is 0 Å². The van der Waals surface area contributed by atoms with Gasteiger partial charge >= 0.3 is 6.09 Å². The van der Waals surface area contributed by atoms with Crippen molar-refractivity contribution in [1.82, 2.24) is 5.32 Å². The first-order chi connectivity index (χ1) is 12.9. The Morgan fingerprint density at radius 3 is 2.89 bits per heavy atom. The Balaban J connectivity index is 1.61. The maximum Gasteiger partial charge on any atom is 0.407 e. The fourth-order valence-electron chi connectivity index (χ4n) is 5.73. The number of hydrogen-bond donors (Lipinski definition) is 1. The summed E-state index contributed by atoms with van der Waals surface area (Å²) in [7, 11) is 0. The molecule has 0 spiro atoms. The Morgan fingerprint density at radius 2 is 2.11 bits per heavy atom. The van der Waals surface area contributed by atoms with Crippen molar-refractivity contribution in [3.05, 3.63) is 29.8 Å². The van der Waals surface area contributed by atoms with E-state index >= 15 is 0 Å². The molecule has 5 nitrogen and oxygen atoms in total. The lowest BCUT2D eigenvalue weighted by molar-refractivity contribution is -0.259. The van der Waals surface area contributed by atoms with E-state index in [-0.39, 0.29) is 29.1 Å². The van der Waals surface area contributed by atoms with Gasteiger partial charge in [0.25, 0.3) is 0 Å². The highest BCUT2D eigenvalue weighted by molar-refractivity contribution is 5.67. The number of amides is 1. The fourth-order valence-corrected chi connectivity index (χ4v) is 5.73. The van der Waals surface area contributed by atoms with E-state index < -0.39 is 0 Å². The molecule has 4 rings (SSSR count). The summed E-state index contributed by atoms with van der Waals surface area (Å²) in [4.78, 5) is 12.0. The van der Waals surface area contributed by atoms with Gasteiger partial charge < -0.3 is 19.5 Å². The number of rotatable bonds is 4. The van der Waals surface area contributed by atoms with Crippen molar-refractivity contribution >= 4 is 6.09 Å². The molecule has 1 aromatic carbocycles. The Labute approximate surface area is 161 Å². The van der Waals surface area contributed by atoms with Gasteiger partial charge in [0, 0.05) is 23.4 Å². The van der Waals surface area contributed by atoms with Crippen LogP contribution in [0.3, 0.4) is 0 Å². The Kier molecular flexibility index (Phi) is 4.61. The summed E-state index contributed by atoms with van der Waals surface area (Å²) in [5, 5.41) is 2.81. The molecule has 1 saturated heterocycles. The normalized spacial score (nSPS) is 39.1. The summed E-state index contributed by atoms with van der Waals surface area (Å²) in [6, 6.07) is 8.24. The lowest BCUT2D eigenvalue weighted by atomic mass is 9.50. The fraction of sp³-hybridized carbons (Fsp3) is 0.682. The minimum atomic E-state index is -0.327. The van der Waals surface area contributed by atoms with Gasteiger partial charge in [0.2, 0.25) is 0 Å². The Hall–Kier alpha value is -1.75. The predicted molar refractivity (Wildman–Crippen MR) is 103 cm³/mol. The zero-order valence-electron chi connectivity index (χ0n) is 16.8. The molecule has 2 heterocycles. The van der Waals surface area contributed by atoms with Crippen LogP contribution in [0.2, 0.25) is 0 Å². The monoisotopic (exact) mass is 373 g/mol. The topological polar surface area (TPSA) is 56.8 Å². The summed E-state index contributed by atoms with van der Waals surface area (Å²) in [5.74, 6) is 1.86. The molecule has 5 heteroatoms. The Morgan fingerprint density at radius 1 is 1.33 bits per heavy atom. The van der Waals surface area contributed by atoms with E-state index in [1.165, 1.54) is 0 Å². The number of carbonyl (C=O) groups is 1. The summed E-state index contributed by atoms with van der Waals surface area (Å²) in [6.07, 6.45) is 1.56. The number of benzene rings is 1. The summed E-state index contributed by atoms with van der Waals surface area (Å²) in [5.41, 5.74) is 0.725. The van der Waals surface area contributed by atoms with E-state index in [0.29, 0.717) is 31.6 Å². The third-order valence-corrected chi connectivity index (χ3v) is 7.26. The molecule has 27 heavy (non-hydrogen) atoms. The van der Waals surface area contributed by atoms with Gasteiger partial charge in [-0.2, -0.15) is 0 Å². The van der Waals surface area contributed by atoms with Crippen LogP contribution in [0.25, 0.3) is 0 Å². The zero-order chi connectivity index (χ0) is 19.2. The largest absolute Gasteiger partial charge is 0.487 e. The molecule has 1 amide bonds. The summed E-state index contributed by atoms with van der Waals surface area (Å²) in [6.45, 7) is 10.4. The van der Waals surface area contributed by atoms with E-state index in [9.17, 15) is 4.79 Å². The second-order valence-electron chi connectivity index (χ2n) is 8.84. The van der Waals surface area contributed by atoms with Crippen LogP contribution in [0.1, 0.15) is 52.2 Å². The maximum absolute atomic E-state index is 12.0. The number of ether oxygens (including phenoxy) is 3. The van der Waals surface area contributed by atoms with Gasteiger partial charge in [-0.25, -0.2) is 4.79 Å². The highest BCUT2D eigenvalue weighted by Gasteiger charge is 2.64. The van der Waals surface area contributed by atoms with Gasteiger partial charge in [0.15, 0.2) is 0 Å². The molecule has 6 atom stereocenters. The Bertz CT molecular complexity index is 722. The second-order valence-corrected chi connectivity index (χ2v) is 8.84. The molecule has 0 radical (unpaired) electrons. The van der Waals surface area contributed by atoms with Crippen molar-refractivity contribution in [2.24, 2.45) is 23.2 Å². The van der Waals surface area contributed by atoms with Crippen molar-refractivity contribution in [3.63, 3.8) is 0 Å². The third kappa shape index (κ3) is 2.82. The van der Waals surface area contributed by atoms with Gasteiger partial charge in [0.1, 0.15) is 18.0 Å². The maximum atomic E-state index is 12.0. The lowest BCUT2D eigenvalue weighted by Gasteiger charge is -2.63. The molecule has 1 aliphatic carbocycles. The summed E-state index contributed by atoms with van der Waals surface area (Å²) < 4.78 is 18.7. The molecule has 2 aliphatic heterocycles. The standard InChI is InChI=1S/C22H31NO4/c1-5-10-23-20(24)26-13-22-12-25-19-16-8-6-7-9-17(16)27-21(4,11-14(22)2)18(19)15(22)3/h6-9,14-15,18-19H,5,10-13H2,1-4H3,(H,23,24)/t14-,15+,18-,19-,21-,22?/m1/s1. The number of para-hydroxylation sites is 1. The van der Waals surface area contributed by atoms with Gasteiger partial charge in [-0.3, -0.25) is 0 Å². The van der Waals surface area contributed by atoms with Crippen LogP contribution in [0.5, 0.6) is 5.75 Å². The molecule has 0 aromatic heterocycles. The highest BCUT2D eigenvalue weighted by Crippen LogP contribution is 2.63. The first-order valence-electron chi connectivity index (χ1n) is 10.2. The minimum absolute atomic E-state index is 0.0458. The zero-order valence-corrected chi connectivity index (χ0v) is 16.8. The van der Waals surface area contributed by atoms with Crippen LogP contribution >= 0.6 is 0 Å². The van der Waals surface area contributed by atoms with Gasteiger partial charge in [-0.1, -0.05) is 39.0 Å². The summed E-state index contributed by atoms with van der Waals surface area (Å²) >= 11 is 0. The average Bonchev–Trinajstić information content (AvgIpc) is 2.64. The number of hydrogen-bond acceptors (Lipinski definition) is 4. The van der Waals surface area contributed by atoms with Gasteiger partial charge in [-0.15, -0.1) is 0 Å². The molecule has 2 fully saturated rings.